The molecule has 0 saturated heterocycles. The molecule has 1 amide bonds. The zero-order valence-corrected chi connectivity index (χ0v) is 18.1. The molecule has 0 atom stereocenters. The number of carbonyl (C=O) groups is 1. The van der Waals surface area contributed by atoms with Crippen LogP contribution in [0.15, 0.2) is 59.0 Å². The van der Waals surface area contributed by atoms with Crippen molar-refractivity contribution in [1.29, 1.82) is 0 Å². The molecule has 6 nitrogen and oxygen atoms in total. The Balaban J connectivity index is 1.37. The first-order valence-electron chi connectivity index (χ1n) is 9.77. The van der Waals surface area contributed by atoms with Gasteiger partial charge < -0.3 is 4.74 Å². The number of carbonyl (C=O) groups excluding carboxylic acids is 1. The van der Waals surface area contributed by atoms with Crippen LogP contribution in [0.25, 0.3) is 11.3 Å². The summed E-state index contributed by atoms with van der Waals surface area (Å²) in [5.74, 6) is 0. The van der Waals surface area contributed by atoms with E-state index in [0.29, 0.717) is 13.1 Å². The molecule has 0 fully saturated rings. The van der Waals surface area contributed by atoms with Gasteiger partial charge in [-0.1, -0.05) is 42.5 Å². The Morgan fingerprint density at radius 3 is 2.70 bits per heavy atom. The number of benzene rings is 2. The van der Waals surface area contributed by atoms with Gasteiger partial charge in [-0.05, 0) is 43.5 Å². The van der Waals surface area contributed by atoms with Crippen molar-refractivity contribution in [2.45, 2.75) is 39.5 Å². The maximum absolute atomic E-state index is 12.3. The Kier molecular flexibility index (Phi) is 5.55. The average molecular weight is 421 g/mol. The van der Waals surface area contributed by atoms with Gasteiger partial charge in [0.1, 0.15) is 5.60 Å². The van der Waals surface area contributed by atoms with Crippen molar-refractivity contribution in [3.05, 3.63) is 70.6 Å². The molecule has 2 aromatic carbocycles. The summed E-state index contributed by atoms with van der Waals surface area (Å²) in [4.78, 5) is 18.6. The van der Waals surface area contributed by atoms with E-state index in [1.54, 1.807) is 11.1 Å². The van der Waals surface area contributed by atoms with Gasteiger partial charge in [0.25, 0.3) is 0 Å². The van der Waals surface area contributed by atoms with E-state index in [4.69, 9.17) is 4.74 Å². The molecule has 1 aliphatic heterocycles. The molecule has 3 aromatic rings. The maximum atomic E-state index is 12.3. The number of amides is 1. The van der Waals surface area contributed by atoms with Crippen LogP contribution in [-0.2, 0) is 17.8 Å². The number of anilines is 1. The SMILES string of the molecule is CC(C)(C)OC(=O)N1Cc2ccc(C=NNc3nc(-c4ccccc4)cs3)cc2C1. The number of hydrogen-bond donors (Lipinski definition) is 1. The molecule has 0 radical (unpaired) electrons. The number of hydrogen-bond acceptors (Lipinski definition) is 6. The molecule has 2 heterocycles. The number of ether oxygens (including phenoxy) is 1. The first-order valence-corrected chi connectivity index (χ1v) is 10.7. The van der Waals surface area contributed by atoms with Crippen LogP contribution >= 0.6 is 11.3 Å². The highest BCUT2D eigenvalue weighted by atomic mass is 32.1. The lowest BCUT2D eigenvalue weighted by molar-refractivity contribution is 0.0242. The zero-order chi connectivity index (χ0) is 21.1. The van der Waals surface area contributed by atoms with Crippen molar-refractivity contribution in [3.63, 3.8) is 0 Å². The van der Waals surface area contributed by atoms with E-state index in [2.05, 4.69) is 21.6 Å². The second-order valence-corrected chi connectivity index (χ2v) is 9.00. The molecule has 1 aromatic heterocycles. The molecule has 30 heavy (non-hydrogen) atoms. The first kappa shape index (κ1) is 20.1. The minimum Gasteiger partial charge on any atom is -0.444 e. The van der Waals surface area contributed by atoms with E-state index >= 15 is 0 Å². The van der Waals surface area contributed by atoms with Crippen LogP contribution in [0.4, 0.5) is 9.93 Å². The summed E-state index contributed by atoms with van der Waals surface area (Å²) in [6, 6.07) is 16.2. The molecule has 154 valence electrons. The molecule has 4 rings (SSSR count). The van der Waals surface area contributed by atoms with Crippen LogP contribution in [0.2, 0.25) is 0 Å². The van der Waals surface area contributed by atoms with Crippen LogP contribution in [0, 0.1) is 0 Å². The molecule has 7 heteroatoms. The molecule has 1 N–H and O–H groups in total. The summed E-state index contributed by atoms with van der Waals surface area (Å²) in [7, 11) is 0. The van der Waals surface area contributed by atoms with Crippen LogP contribution in [-0.4, -0.2) is 27.8 Å². The quantitative estimate of drug-likeness (QED) is 0.447. The number of rotatable bonds is 4. The second kappa shape index (κ2) is 8.28. The van der Waals surface area contributed by atoms with E-state index in [0.717, 1.165) is 33.1 Å². The fourth-order valence-corrected chi connectivity index (χ4v) is 3.85. The van der Waals surface area contributed by atoms with E-state index in [9.17, 15) is 4.79 Å². The zero-order valence-electron chi connectivity index (χ0n) is 17.3. The largest absolute Gasteiger partial charge is 0.444 e. The van der Waals surface area contributed by atoms with Crippen molar-refractivity contribution in [1.82, 2.24) is 9.88 Å². The molecule has 1 aliphatic rings. The third kappa shape index (κ3) is 4.86. The van der Waals surface area contributed by atoms with E-state index < -0.39 is 5.60 Å². The number of nitrogens with one attached hydrogen (secondary N) is 1. The summed E-state index contributed by atoms with van der Waals surface area (Å²) >= 11 is 1.51. The Labute approximate surface area is 180 Å². The summed E-state index contributed by atoms with van der Waals surface area (Å²) in [5, 5.41) is 7.06. The number of hydrazone groups is 1. The topological polar surface area (TPSA) is 66.8 Å². The molecule has 0 saturated carbocycles. The third-order valence-electron chi connectivity index (χ3n) is 4.55. The summed E-state index contributed by atoms with van der Waals surface area (Å²) in [6.45, 7) is 6.75. The van der Waals surface area contributed by atoms with Gasteiger partial charge in [0.2, 0.25) is 5.13 Å². The van der Waals surface area contributed by atoms with Gasteiger partial charge in [0.15, 0.2) is 0 Å². The predicted molar refractivity (Wildman–Crippen MR) is 121 cm³/mol. The summed E-state index contributed by atoms with van der Waals surface area (Å²) in [6.07, 6.45) is 1.48. The third-order valence-corrected chi connectivity index (χ3v) is 5.30. The lowest BCUT2D eigenvalue weighted by atomic mass is 10.1. The van der Waals surface area contributed by atoms with Crippen molar-refractivity contribution in [2.75, 3.05) is 5.43 Å². The lowest BCUT2D eigenvalue weighted by Crippen LogP contribution is -2.33. The van der Waals surface area contributed by atoms with Crippen molar-refractivity contribution in [3.8, 4) is 11.3 Å². The van der Waals surface area contributed by atoms with Gasteiger partial charge in [0, 0.05) is 24.0 Å². The Bertz CT molecular complexity index is 1070. The van der Waals surface area contributed by atoms with Gasteiger partial charge in [-0.3, -0.25) is 10.3 Å². The van der Waals surface area contributed by atoms with Gasteiger partial charge in [-0.15, -0.1) is 11.3 Å². The Morgan fingerprint density at radius 1 is 1.17 bits per heavy atom. The molecular weight excluding hydrogens is 396 g/mol. The van der Waals surface area contributed by atoms with Crippen LogP contribution in [0.3, 0.4) is 0 Å². The Morgan fingerprint density at radius 2 is 1.93 bits per heavy atom. The summed E-state index contributed by atoms with van der Waals surface area (Å²) < 4.78 is 5.48. The van der Waals surface area contributed by atoms with E-state index in [-0.39, 0.29) is 6.09 Å². The van der Waals surface area contributed by atoms with Crippen molar-refractivity contribution >= 4 is 28.8 Å². The Hall–Kier alpha value is -3.19. The number of aromatic nitrogens is 1. The lowest BCUT2D eigenvalue weighted by Gasteiger charge is -2.24. The van der Waals surface area contributed by atoms with E-state index in [1.165, 1.54) is 11.3 Å². The van der Waals surface area contributed by atoms with Crippen LogP contribution in [0.5, 0.6) is 0 Å². The molecule has 0 spiro atoms. The average Bonchev–Trinajstić information content (AvgIpc) is 3.34. The predicted octanol–water partition coefficient (Wildman–Crippen LogP) is 5.51. The molecular formula is C23H24N4O2S. The monoisotopic (exact) mass is 420 g/mol. The first-order chi connectivity index (χ1) is 14.4. The fraction of sp³-hybridized carbons (Fsp3) is 0.261. The highest BCUT2D eigenvalue weighted by Crippen LogP contribution is 2.26. The molecule has 0 aliphatic carbocycles. The minimum atomic E-state index is -0.494. The fourth-order valence-electron chi connectivity index (χ4n) is 3.18. The number of fused-ring (bicyclic) bond motifs is 1. The van der Waals surface area contributed by atoms with Gasteiger partial charge in [-0.2, -0.15) is 5.10 Å². The van der Waals surface area contributed by atoms with E-state index in [1.807, 2.05) is 68.6 Å². The van der Waals surface area contributed by atoms with Crippen molar-refractivity contribution in [2.24, 2.45) is 5.10 Å². The van der Waals surface area contributed by atoms with Crippen LogP contribution in [0.1, 0.15) is 37.5 Å². The standard InChI is InChI=1S/C23H24N4O2S/c1-23(2,3)29-22(28)27-13-18-10-9-16(11-19(18)14-27)12-24-26-21-25-20(15-30-21)17-7-5-4-6-8-17/h4-12,15H,13-14H2,1-3H3,(H,25,26). The normalized spacial score (nSPS) is 13.5. The van der Waals surface area contributed by atoms with Gasteiger partial charge in [0.05, 0.1) is 11.9 Å². The molecule has 0 bridgehead atoms. The number of thiazole rings is 1. The minimum absolute atomic E-state index is 0.284. The second-order valence-electron chi connectivity index (χ2n) is 8.14. The smallest absolute Gasteiger partial charge is 0.410 e. The van der Waals surface area contributed by atoms with Crippen molar-refractivity contribution < 1.29 is 9.53 Å². The van der Waals surface area contributed by atoms with Gasteiger partial charge >= 0.3 is 6.09 Å². The highest BCUT2D eigenvalue weighted by molar-refractivity contribution is 7.14. The van der Waals surface area contributed by atoms with Crippen LogP contribution < -0.4 is 5.43 Å². The highest BCUT2D eigenvalue weighted by Gasteiger charge is 2.27. The summed E-state index contributed by atoms with van der Waals surface area (Å²) in [5.41, 5.74) is 7.73. The maximum Gasteiger partial charge on any atom is 0.410 e. The number of nitrogens with zero attached hydrogens (tertiary/aromatic N) is 3. The van der Waals surface area contributed by atoms with Gasteiger partial charge in [-0.25, -0.2) is 9.78 Å². The molecule has 0 unspecified atom stereocenters.